The lowest BCUT2D eigenvalue weighted by atomic mass is 10.0. The van der Waals surface area contributed by atoms with Crippen LogP contribution in [0.2, 0.25) is 5.02 Å². The Bertz CT molecular complexity index is 968. The summed E-state index contributed by atoms with van der Waals surface area (Å²) in [4.78, 5) is 4.83. The number of benzene rings is 3. The van der Waals surface area contributed by atoms with Gasteiger partial charge in [-0.2, -0.15) is 0 Å². The van der Waals surface area contributed by atoms with E-state index >= 15 is 0 Å². The van der Waals surface area contributed by atoms with Crippen molar-refractivity contribution in [1.29, 1.82) is 0 Å². The molecule has 0 spiro atoms. The molecule has 0 saturated carbocycles. The Hall–Kier alpha value is -2.42. The maximum absolute atomic E-state index is 6.00. The standard InChI is InChI=1S/C21H14ClNS/c22-17-12-10-15(11-13-17)14-18(16-6-2-1-3-7-16)21-23-19-8-4-5-9-20(19)24-21/h1-14H/b18-14+. The third-order valence-corrected chi connectivity index (χ3v) is 5.11. The van der Waals surface area contributed by atoms with Crippen molar-refractivity contribution < 1.29 is 0 Å². The minimum absolute atomic E-state index is 0.744. The molecule has 0 bridgehead atoms. The summed E-state index contributed by atoms with van der Waals surface area (Å²) < 4.78 is 1.20. The zero-order chi connectivity index (χ0) is 16.4. The Morgan fingerprint density at radius 2 is 1.54 bits per heavy atom. The molecule has 0 atom stereocenters. The van der Waals surface area contributed by atoms with E-state index in [1.165, 1.54) is 4.70 Å². The molecule has 24 heavy (non-hydrogen) atoms. The summed E-state index contributed by atoms with van der Waals surface area (Å²) in [6.45, 7) is 0. The Kier molecular flexibility index (Phi) is 4.16. The first kappa shape index (κ1) is 15.1. The maximum atomic E-state index is 6.00. The van der Waals surface area contributed by atoms with E-state index in [0.717, 1.165) is 32.2 Å². The predicted molar refractivity (Wildman–Crippen MR) is 104 cm³/mol. The molecular formula is C21H14ClNS. The van der Waals surface area contributed by atoms with E-state index in [-0.39, 0.29) is 0 Å². The van der Waals surface area contributed by atoms with Gasteiger partial charge in [0.15, 0.2) is 0 Å². The Balaban J connectivity index is 1.88. The molecule has 0 aliphatic carbocycles. The first-order valence-electron chi connectivity index (χ1n) is 7.68. The van der Waals surface area contributed by atoms with Crippen LogP contribution in [0.25, 0.3) is 21.9 Å². The molecule has 116 valence electrons. The Morgan fingerprint density at radius 1 is 0.833 bits per heavy atom. The number of hydrogen-bond donors (Lipinski definition) is 0. The SMILES string of the molecule is Clc1ccc(/C=C(\c2ccccc2)c2nc3ccccc3s2)cc1. The van der Waals surface area contributed by atoms with Crippen LogP contribution in [-0.2, 0) is 0 Å². The molecule has 0 aliphatic heterocycles. The van der Waals surface area contributed by atoms with Gasteiger partial charge >= 0.3 is 0 Å². The van der Waals surface area contributed by atoms with Gasteiger partial charge < -0.3 is 0 Å². The summed E-state index contributed by atoms with van der Waals surface area (Å²) in [6, 6.07) is 26.5. The van der Waals surface area contributed by atoms with Gasteiger partial charge in [0.1, 0.15) is 5.01 Å². The second-order valence-electron chi connectivity index (χ2n) is 5.46. The molecule has 0 amide bonds. The zero-order valence-corrected chi connectivity index (χ0v) is 14.4. The number of halogens is 1. The Morgan fingerprint density at radius 3 is 2.29 bits per heavy atom. The van der Waals surface area contributed by atoms with Crippen molar-refractivity contribution in [3.8, 4) is 0 Å². The maximum Gasteiger partial charge on any atom is 0.125 e. The third kappa shape index (κ3) is 3.12. The van der Waals surface area contributed by atoms with E-state index in [9.17, 15) is 0 Å². The van der Waals surface area contributed by atoms with Gasteiger partial charge in [0.05, 0.1) is 10.2 Å². The second-order valence-corrected chi connectivity index (χ2v) is 6.93. The molecule has 0 fully saturated rings. The normalized spacial score (nSPS) is 11.8. The van der Waals surface area contributed by atoms with Gasteiger partial charge in [0.25, 0.3) is 0 Å². The van der Waals surface area contributed by atoms with E-state index in [0.29, 0.717) is 0 Å². The molecule has 3 aromatic carbocycles. The van der Waals surface area contributed by atoms with Crippen LogP contribution in [0.5, 0.6) is 0 Å². The third-order valence-electron chi connectivity index (χ3n) is 3.79. The summed E-state index contributed by atoms with van der Waals surface area (Å²) in [5.74, 6) is 0. The smallest absolute Gasteiger partial charge is 0.125 e. The fourth-order valence-electron chi connectivity index (χ4n) is 2.60. The van der Waals surface area contributed by atoms with Crippen LogP contribution < -0.4 is 0 Å². The highest BCUT2D eigenvalue weighted by Gasteiger charge is 2.11. The lowest BCUT2D eigenvalue weighted by Gasteiger charge is -2.05. The number of para-hydroxylation sites is 1. The number of rotatable bonds is 3. The summed E-state index contributed by atoms with van der Waals surface area (Å²) in [5, 5.41) is 1.77. The molecular weight excluding hydrogens is 334 g/mol. The lowest BCUT2D eigenvalue weighted by molar-refractivity contribution is 1.43. The van der Waals surface area contributed by atoms with Gasteiger partial charge in [-0.25, -0.2) is 4.98 Å². The first-order chi connectivity index (χ1) is 11.8. The number of thiazole rings is 1. The van der Waals surface area contributed by atoms with Gasteiger partial charge in [-0.05, 0) is 41.5 Å². The highest BCUT2D eigenvalue weighted by atomic mass is 35.5. The molecule has 4 rings (SSSR count). The fourth-order valence-corrected chi connectivity index (χ4v) is 3.73. The van der Waals surface area contributed by atoms with Gasteiger partial charge in [-0.1, -0.05) is 66.2 Å². The monoisotopic (exact) mass is 347 g/mol. The van der Waals surface area contributed by atoms with E-state index < -0.39 is 0 Å². The molecule has 0 unspecified atom stereocenters. The molecule has 0 saturated heterocycles. The van der Waals surface area contributed by atoms with Crippen molar-refractivity contribution in [2.24, 2.45) is 0 Å². The van der Waals surface area contributed by atoms with Crippen LogP contribution in [-0.4, -0.2) is 4.98 Å². The quantitative estimate of drug-likeness (QED) is 0.383. The van der Waals surface area contributed by atoms with Crippen molar-refractivity contribution in [3.63, 3.8) is 0 Å². The number of aromatic nitrogens is 1. The summed E-state index contributed by atoms with van der Waals surface area (Å²) in [7, 11) is 0. The molecule has 1 heterocycles. The van der Waals surface area contributed by atoms with E-state index in [1.807, 2.05) is 36.4 Å². The van der Waals surface area contributed by atoms with Crippen LogP contribution in [0, 0.1) is 0 Å². The average molecular weight is 348 g/mol. The molecule has 4 aromatic rings. The largest absolute Gasteiger partial charge is 0.236 e. The molecule has 0 radical (unpaired) electrons. The van der Waals surface area contributed by atoms with Gasteiger partial charge in [0, 0.05) is 10.6 Å². The molecule has 0 N–H and O–H groups in total. The van der Waals surface area contributed by atoms with Crippen LogP contribution in [0.4, 0.5) is 0 Å². The van der Waals surface area contributed by atoms with Gasteiger partial charge in [-0.3, -0.25) is 0 Å². The number of hydrogen-bond acceptors (Lipinski definition) is 2. The summed E-state index contributed by atoms with van der Waals surface area (Å²) in [5.41, 5.74) is 4.43. The molecule has 3 heteroatoms. The number of nitrogens with zero attached hydrogens (tertiary/aromatic N) is 1. The average Bonchev–Trinajstić information content (AvgIpc) is 3.06. The second kappa shape index (κ2) is 6.60. The van der Waals surface area contributed by atoms with E-state index in [4.69, 9.17) is 16.6 Å². The van der Waals surface area contributed by atoms with Crippen molar-refractivity contribution in [2.75, 3.05) is 0 Å². The summed E-state index contributed by atoms with van der Waals surface area (Å²) >= 11 is 7.72. The summed E-state index contributed by atoms with van der Waals surface area (Å²) in [6.07, 6.45) is 2.17. The van der Waals surface area contributed by atoms with Crippen molar-refractivity contribution in [3.05, 3.63) is 100 Å². The number of fused-ring (bicyclic) bond motifs is 1. The first-order valence-corrected chi connectivity index (χ1v) is 8.88. The minimum Gasteiger partial charge on any atom is -0.236 e. The Labute approximate surface area is 149 Å². The highest BCUT2D eigenvalue weighted by Crippen LogP contribution is 2.32. The van der Waals surface area contributed by atoms with Crippen LogP contribution in [0.3, 0.4) is 0 Å². The van der Waals surface area contributed by atoms with Crippen LogP contribution >= 0.6 is 22.9 Å². The van der Waals surface area contributed by atoms with Crippen LogP contribution in [0.15, 0.2) is 78.9 Å². The molecule has 1 nitrogen and oxygen atoms in total. The zero-order valence-electron chi connectivity index (χ0n) is 12.8. The van der Waals surface area contributed by atoms with E-state index in [2.05, 4.69) is 48.5 Å². The fraction of sp³-hybridized carbons (Fsp3) is 0. The van der Waals surface area contributed by atoms with Crippen molar-refractivity contribution in [1.82, 2.24) is 4.98 Å². The minimum atomic E-state index is 0.744. The lowest BCUT2D eigenvalue weighted by Crippen LogP contribution is -1.87. The van der Waals surface area contributed by atoms with Crippen molar-refractivity contribution in [2.45, 2.75) is 0 Å². The molecule has 0 aliphatic rings. The topological polar surface area (TPSA) is 12.9 Å². The predicted octanol–water partition coefficient (Wildman–Crippen LogP) is 6.54. The van der Waals surface area contributed by atoms with E-state index in [1.54, 1.807) is 11.3 Å². The van der Waals surface area contributed by atoms with Crippen molar-refractivity contribution >= 4 is 44.8 Å². The molecule has 1 aromatic heterocycles. The van der Waals surface area contributed by atoms with Crippen LogP contribution in [0.1, 0.15) is 16.1 Å². The highest BCUT2D eigenvalue weighted by molar-refractivity contribution is 7.19. The van der Waals surface area contributed by atoms with Gasteiger partial charge in [0.2, 0.25) is 0 Å². The van der Waals surface area contributed by atoms with Gasteiger partial charge in [-0.15, -0.1) is 11.3 Å².